The normalized spacial score (nSPS) is 12.2. The molecule has 11 heteroatoms. The Morgan fingerprint density at radius 3 is 2.43 bits per heavy atom. The molecule has 0 fully saturated rings. The minimum atomic E-state index is -4.71. The van der Waals surface area contributed by atoms with Crippen LogP contribution in [0.4, 0.5) is 13.2 Å². The summed E-state index contributed by atoms with van der Waals surface area (Å²) in [6.07, 6.45) is -3.66. The van der Waals surface area contributed by atoms with E-state index in [-0.39, 0.29) is 26.1 Å². The fourth-order valence-corrected chi connectivity index (χ4v) is 2.05. The Morgan fingerprint density at radius 1 is 1.33 bits per heavy atom. The van der Waals surface area contributed by atoms with Gasteiger partial charge in [0.2, 0.25) is 4.77 Å². The number of phenols is 1. The first-order valence-corrected chi connectivity index (χ1v) is 6.33. The SMILES string of the molecule is Oc1c(Cl)cc(/C=N\n2c(C(F)(F)F)n[nH]c2=S)cc1Cl. The number of aromatic amines is 1. The van der Waals surface area contributed by atoms with Crippen LogP contribution in [0.2, 0.25) is 10.0 Å². The van der Waals surface area contributed by atoms with Crippen LogP contribution in [0, 0.1) is 4.77 Å². The molecule has 0 spiro atoms. The van der Waals surface area contributed by atoms with E-state index in [1.54, 1.807) is 0 Å². The lowest BCUT2D eigenvalue weighted by molar-refractivity contribution is -0.147. The lowest BCUT2D eigenvalue weighted by Gasteiger charge is -2.04. The highest BCUT2D eigenvalue weighted by atomic mass is 35.5. The average molecular weight is 357 g/mol. The third kappa shape index (κ3) is 3.36. The molecule has 0 aliphatic carbocycles. The molecule has 0 atom stereocenters. The monoisotopic (exact) mass is 356 g/mol. The van der Waals surface area contributed by atoms with Gasteiger partial charge in [-0.25, -0.2) is 5.10 Å². The van der Waals surface area contributed by atoms with Crippen LogP contribution in [-0.2, 0) is 6.18 Å². The van der Waals surface area contributed by atoms with Crippen LogP contribution in [0.1, 0.15) is 11.4 Å². The molecule has 0 aliphatic heterocycles. The number of benzene rings is 1. The second kappa shape index (κ2) is 5.66. The molecule has 1 aromatic heterocycles. The second-order valence-corrected chi connectivity index (χ2v) is 4.94. The minimum Gasteiger partial charge on any atom is -0.505 e. The van der Waals surface area contributed by atoms with Gasteiger partial charge in [-0.1, -0.05) is 23.2 Å². The Labute approximate surface area is 130 Å². The van der Waals surface area contributed by atoms with E-state index in [4.69, 9.17) is 23.2 Å². The van der Waals surface area contributed by atoms with E-state index in [0.717, 1.165) is 6.21 Å². The van der Waals surface area contributed by atoms with Crippen molar-refractivity contribution in [1.29, 1.82) is 0 Å². The Bertz CT molecular complexity index is 745. The fourth-order valence-electron chi connectivity index (χ4n) is 1.37. The van der Waals surface area contributed by atoms with Gasteiger partial charge in [-0.3, -0.25) is 0 Å². The molecule has 1 aromatic carbocycles. The van der Waals surface area contributed by atoms with E-state index < -0.39 is 12.0 Å². The predicted molar refractivity (Wildman–Crippen MR) is 73.5 cm³/mol. The minimum absolute atomic E-state index is 0.0595. The summed E-state index contributed by atoms with van der Waals surface area (Å²) in [5.74, 6) is -1.62. The second-order valence-electron chi connectivity index (χ2n) is 3.74. The molecular weight excluding hydrogens is 352 g/mol. The van der Waals surface area contributed by atoms with Gasteiger partial charge >= 0.3 is 6.18 Å². The number of halogens is 5. The smallest absolute Gasteiger partial charge is 0.453 e. The summed E-state index contributed by atoms with van der Waals surface area (Å²) >= 11 is 16.1. The van der Waals surface area contributed by atoms with Crippen LogP contribution in [0.3, 0.4) is 0 Å². The predicted octanol–water partition coefficient (Wildman–Crippen LogP) is 3.85. The molecule has 2 rings (SSSR count). The van der Waals surface area contributed by atoms with Crippen LogP contribution >= 0.6 is 35.4 Å². The Kier molecular flexibility index (Phi) is 4.26. The van der Waals surface area contributed by atoms with Gasteiger partial charge in [0.25, 0.3) is 5.82 Å². The number of aromatic hydroxyl groups is 1. The molecule has 5 nitrogen and oxygen atoms in total. The summed E-state index contributed by atoms with van der Waals surface area (Å²) in [5.41, 5.74) is 0.277. The molecule has 0 aliphatic rings. The maximum absolute atomic E-state index is 12.7. The summed E-state index contributed by atoms with van der Waals surface area (Å²) < 4.78 is 38.1. The number of nitrogens with zero attached hydrogens (tertiary/aromatic N) is 3. The van der Waals surface area contributed by atoms with E-state index in [2.05, 4.69) is 22.4 Å². The van der Waals surface area contributed by atoms with Crippen molar-refractivity contribution in [3.05, 3.63) is 38.3 Å². The van der Waals surface area contributed by atoms with Gasteiger partial charge in [-0.2, -0.15) is 22.9 Å². The van der Waals surface area contributed by atoms with Gasteiger partial charge in [-0.05, 0) is 29.9 Å². The standard InChI is InChI=1S/C10H5Cl2F3N4OS/c11-5-1-4(2-6(12)7(5)20)3-16-19-8(10(13,14)15)17-18-9(19)21/h1-3,20H,(H,18,21)/b16-3-. The van der Waals surface area contributed by atoms with E-state index in [9.17, 15) is 18.3 Å². The van der Waals surface area contributed by atoms with E-state index in [0.29, 0.717) is 4.68 Å². The maximum Gasteiger partial charge on any atom is 0.453 e. The van der Waals surface area contributed by atoms with Gasteiger partial charge < -0.3 is 5.11 Å². The number of alkyl halides is 3. The molecule has 0 radical (unpaired) electrons. The lowest BCUT2D eigenvalue weighted by atomic mass is 10.2. The number of hydrogen-bond donors (Lipinski definition) is 2. The zero-order valence-electron chi connectivity index (χ0n) is 9.82. The highest BCUT2D eigenvalue weighted by molar-refractivity contribution is 7.71. The highest BCUT2D eigenvalue weighted by Gasteiger charge is 2.37. The summed E-state index contributed by atoms with van der Waals surface area (Å²) in [4.78, 5) is 0. The average Bonchev–Trinajstić information content (AvgIpc) is 2.74. The molecule has 0 amide bonds. The van der Waals surface area contributed by atoms with Crippen LogP contribution in [0.25, 0.3) is 0 Å². The van der Waals surface area contributed by atoms with Crippen LogP contribution in [-0.4, -0.2) is 26.2 Å². The van der Waals surface area contributed by atoms with Crippen molar-refractivity contribution in [2.24, 2.45) is 5.10 Å². The molecule has 0 saturated heterocycles. The molecule has 2 N–H and O–H groups in total. The molecule has 21 heavy (non-hydrogen) atoms. The van der Waals surface area contributed by atoms with Crippen molar-refractivity contribution >= 4 is 41.6 Å². The van der Waals surface area contributed by atoms with Crippen LogP contribution in [0.15, 0.2) is 17.2 Å². The van der Waals surface area contributed by atoms with Crippen molar-refractivity contribution < 1.29 is 18.3 Å². The van der Waals surface area contributed by atoms with Crippen molar-refractivity contribution in [3.63, 3.8) is 0 Å². The zero-order valence-corrected chi connectivity index (χ0v) is 12.1. The number of H-pyrrole nitrogens is 1. The van der Waals surface area contributed by atoms with Gasteiger partial charge in [-0.15, -0.1) is 5.10 Å². The third-order valence-electron chi connectivity index (χ3n) is 2.27. The first-order chi connectivity index (χ1) is 9.70. The topological polar surface area (TPSA) is 66.2 Å². The Hall–Kier alpha value is -1.58. The zero-order chi connectivity index (χ0) is 15.8. The molecule has 0 bridgehead atoms. The number of phenolic OH excluding ortho intramolecular Hbond substituents is 1. The third-order valence-corrected chi connectivity index (χ3v) is 3.11. The molecule has 1 heterocycles. The first-order valence-electron chi connectivity index (χ1n) is 5.17. The van der Waals surface area contributed by atoms with Crippen molar-refractivity contribution in [3.8, 4) is 5.75 Å². The largest absolute Gasteiger partial charge is 0.505 e. The summed E-state index contributed by atoms with van der Waals surface area (Å²) in [7, 11) is 0. The summed E-state index contributed by atoms with van der Waals surface area (Å²) in [6.45, 7) is 0. The Balaban J connectivity index is 2.44. The molecule has 0 unspecified atom stereocenters. The number of rotatable bonds is 2. The van der Waals surface area contributed by atoms with Gasteiger partial charge in [0.15, 0.2) is 5.75 Å². The van der Waals surface area contributed by atoms with Gasteiger partial charge in [0, 0.05) is 0 Å². The quantitative estimate of drug-likeness (QED) is 0.634. The van der Waals surface area contributed by atoms with E-state index >= 15 is 0 Å². The molecule has 2 aromatic rings. The van der Waals surface area contributed by atoms with Crippen molar-refractivity contribution in [1.82, 2.24) is 14.9 Å². The van der Waals surface area contributed by atoms with E-state index in [1.807, 2.05) is 5.10 Å². The first kappa shape index (κ1) is 15.8. The van der Waals surface area contributed by atoms with Crippen molar-refractivity contribution in [2.45, 2.75) is 6.18 Å². The number of nitrogens with one attached hydrogen (secondary N) is 1. The van der Waals surface area contributed by atoms with Gasteiger partial charge in [0.05, 0.1) is 16.3 Å². The maximum atomic E-state index is 12.7. The van der Waals surface area contributed by atoms with Crippen LogP contribution < -0.4 is 0 Å². The summed E-state index contributed by atoms with van der Waals surface area (Å²) in [5, 5.41) is 17.9. The Morgan fingerprint density at radius 2 is 1.90 bits per heavy atom. The molecular formula is C10H5Cl2F3N4OS. The highest BCUT2D eigenvalue weighted by Crippen LogP contribution is 2.32. The molecule has 0 saturated carbocycles. The van der Waals surface area contributed by atoms with Gasteiger partial charge in [0.1, 0.15) is 0 Å². The van der Waals surface area contributed by atoms with E-state index in [1.165, 1.54) is 12.1 Å². The van der Waals surface area contributed by atoms with Crippen molar-refractivity contribution in [2.75, 3.05) is 0 Å². The number of aromatic nitrogens is 3. The fraction of sp³-hybridized carbons (Fsp3) is 0.100. The summed E-state index contributed by atoms with van der Waals surface area (Å²) in [6, 6.07) is 2.56. The van der Waals surface area contributed by atoms with Crippen LogP contribution in [0.5, 0.6) is 5.75 Å². The lowest BCUT2D eigenvalue weighted by Crippen LogP contribution is -2.12. The number of hydrogen-bond acceptors (Lipinski definition) is 4. The molecule has 112 valence electrons.